The average Bonchev–Trinajstić information content (AvgIpc) is 3.56. The highest BCUT2D eigenvalue weighted by Gasteiger charge is 2.20. The van der Waals surface area contributed by atoms with E-state index in [-0.39, 0.29) is 0 Å². The van der Waals surface area contributed by atoms with Crippen molar-refractivity contribution in [2.45, 2.75) is 6.42 Å². The summed E-state index contributed by atoms with van der Waals surface area (Å²) < 4.78 is 0. The first-order valence-corrected chi connectivity index (χ1v) is 16.7. The van der Waals surface area contributed by atoms with Gasteiger partial charge in [0, 0.05) is 16.7 Å². The highest BCUT2D eigenvalue weighted by atomic mass is 15.0. The fourth-order valence-electron chi connectivity index (χ4n) is 7.52. The van der Waals surface area contributed by atoms with Gasteiger partial charge in [-0.3, -0.25) is 0 Å². The smallest absolute Gasteiger partial charge is 0.164 e. The van der Waals surface area contributed by atoms with Gasteiger partial charge in [0.05, 0.1) is 0 Å². The molecule has 0 radical (unpaired) electrons. The van der Waals surface area contributed by atoms with Crippen LogP contribution in [-0.2, 0) is 6.42 Å². The molecule has 0 fully saturated rings. The predicted octanol–water partition coefficient (Wildman–Crippen LogP) is 11.6. The Balaban J connectivity index is 1.17. The fourth-order valence-corrected chi connectivity index (χ4v) is 7.52. The van der Waals surface area contributed by atoms with Crippen LogP contribution >= 0.6 is 0 Å². The molecule has 228 valence electrons. The second-order valence-corrected chi connectivity index (χ2v) is 12.8. The molecule has 1 heterocycles. The summed E-state index contributed by atoms with van der Waals surface area (Å²) in [4.78, 5) is 15.4. The minimum Gasteiger partial charge on any atom is -0.208 e. The number of hydrogen-bond acceptors (Lipinski definition) is 3. The molecule has 0 aliphatic heterocycles. The molecule has 3 heteroatoms. The Bertz CT molecular complexity index is 2690. The predicted molar refractivity (Wildman–Crippen MR) is 202 cm³/mol. The second-order valence-electron chi connectivity index (χ2n) is 12.8. The molecule has 3 nitrogen and oxygen atoms in total. The molecule has 1 aliphatic carbocycles. The van der Waals surface area contributed by atoms with Gasteiger partial charge in [-0.05, 0) is 84.3 Å². The van der Waals surface area contributed by atoms with Gasteiger partial charge in [-0.15, -0.1) is 0 Å². The SMILES string of the molecule is c1ccc(-c2ccc(-c3nc(-c4ccc5c(c4)-c4ccccc4C5)nc(-c4ccc5c6ccccc6c6ccccc6c5c4)n3)cc2)cc1. The maximum absolute atomic E-state index is 5.17. The summed E-state index contributed by atoms with van der Waals surface area (Å²) in [6, 6.07) is 58.3. The Morgan fingerprint density at radius 3 is 1.43 bits per heavy atom. The Morgan fingerprint density at radius 1 is 0.286 bits per heavy atom. The lowest BCUT2D eigenvalue weighted by molar-refractivity contribution is 1.07. The van der Waals surface area contributed by atoms with E-state index in [0.29, 0.717) is 17.5 Å². The Hall–Kier alpha value is -6.45. The number of hydrogen-bond donors (Lipinski definition) is 0. The monoisotopic (exact) mass is 623 g/mol. The Kier molecular flexibility index (Phi) is 6.25. The lowest BCUT2D eigenvalue weighted by Gasteiger charge is -2.13. The van der Waals surface area contributed by atoms with Crippen LogP contribution in [0.5, 0.6) is 0 Å². The van der Waals surface area contributed by atoms with Crippen molar-refractivity contribution >= 4 is 32.3 Å². The van der Waals surface area contributed by atoms with E-state index in [4.69, 9.17) is 15.0 Å². The molecule has 0 spiro atoms. The number of benzene rings is 8. The molecule has 0 atom stereocenters. The van der Waals surface area contributed by atoms with Crippen molar-refractivity contribution in [1.29, 1.82) is 0 Å². The van der Waals surface area contributed by atoms with Crippen LogP contribution in [0.3, 0.4) is 0 Å². The largest absolute Gasteiger partial charge is 0.208 e. The van der Waals surface area contributed by atoms with E-state index in [1.165, 1.54) is 60.1 Å². The Labute approximate surface area is 284 Å². The number of rotatable bonds is 4. The summed E-state index contributed by atoms with van der Waals surface area (Å²) in [6.45, 7) is 0. The summed E-state index contributed by atoms with van der Waals surface area (Å²) in [6.07, 6.45) is 0.951. The van der Waals surface area contributed by atoms with E-state index in [1.54, 1.807) is 0 Å². The lowest BCUT2D eigenvalue weighted by atomic mass is 9.93. The minimum absolute atomic E-state index is 0.656. The van der Waals surface area contributed by atoms with E-state index >= 15 is 0 Å². The van der Waals surface area contributed by atoms with E-state index in [0.717, 1.165) is 28.7 Å². The zero-order valence-corrected chi connectivity index (χ0v) is 26.6. The van der Waals surface area contributed by atoms with Crippen LogP contribution in [0.15, 0.2) is 164 Å². The van der Waals surface area contributed by atoms with Crippen LogP contribution in [0.25, 0.3) is 88.7 Å². The Morgan fingerprint density at radius 2 is 0.735 bits per heavy atom. The van der Waals surface area contributed by atoms with E-state index < -0.39 is 0 Å². The summed E-state index contributed by atoms with van der Waals surface area (Å²) in [5.41, 5.74) is 10.5. The van der Waals surface area contributed by atoms with Gasteiger partial charge < -0.3 is 0 Å². The third-order valence-corrected chi connectivity index (χ3v) is 9.94. The topological polar surface area (TPSA) is 38.7 Å². The number of fused-ring (bicyclic) bond motifs is 9. The molecular weight excluding hydrogens is 595 g/mol. The van der Waals surface area contributed by atoms with Crippen molar-refractivity contribution in [2.75, 3.05) is 0 Å². The highest BCUT2D eigenvalue weighted by molar-refractivity contribution is 6.25. The van der Waals surface area contributed by atoms with Crippen molar-refractivity contribution in [1.82, 2.24) is 15.0 Å². The molecule has 1 aromatic heterocycles. The molecule has 10 rings (SSSR count). The van der Waals surface area contributed by atoms with Crippen molar-refractivity contribution < 1.29 is 0 Å². The molecular formula is C46H29N3. The number of nitrogens with zero attached hydrogens (tertiary/aromatic N) is 3. The third-order valence-electron chi connectivity index (χ3n) is 9.94. The molecule has 0 unspecified atom stereocenters. The van der Waals surface area contributed by atoms with Crippen molar-refractivity contribution in [2.24, 2.45) is 0 Å². The molecule has 0 saturated carbocycles. The van der Waals surface area contributed by atoms with Crippen LogP contribution in [0.2, 0.25) is 0 Å². The van der Waals surface area contributed by atoms with Crippen LogP contribution in [0.1, 0.15) is 11.1 Å². The third kappa shape index (κ3) is 4.62. The molecule has 49 heavy (non-hydrogen) atoms. The molecule has 0 saturated heterocycles. The van der Waals surface area contributed by atoms with Gasteiger partial charge in [-0.25, -0.2) is 15.0 Å². The zero-order valence-electron chi connectivity index (χ0n) is 26.6. The maximum atomic E-state index is 5.17. The summed E-state index contributed by atoms with van der Waals surface area (Å²) in [5.74, 6) is 1.99. The first kappa shape index (κ1) is 27.6. The quantitative estimate of drug-likeness (QED) is 0.183. The van der Waals surface area contributed by atoms with Crippen LogP contribution in [0, 0.1) is 0 Å². The van der Waals surface area contributed by atoms with Crippen molar-refractivity contribution in [3.8, 4) is 56.4 Å². The minimum atomic E-state index is 0.656. The van der Waals surface area contributed by atoms with E-state index in [9.17, 15) is 0 Å². The normalized spacial score (nSPS) is 12.0. The standard InChI is InChI=1S/C46H29N3/c1-2-10-29(11-3-1)30-18-20-31(21-19-30)44-47-45(34-23-22-33-26-32-12-4-5-13-36(32)42(33)27-34)49-46(48-44)35-24-25-41-39-16-7-6-14-37(39)38-15-8-9-17-40(38)43(41)28-35/h1-25,27-28H,26H2. The van der Waals surface area contributed by atoms with Crippen molar-refractivity contribution in [3.63, 3.8) is 0 Å². The van der Waals surface area contributed by atoms with Crippen LogP contribution in [-0.4, -0.2) is 15.0 Å². The van der Waals surface area contributed by atoms with Gasteiger partial charge in [0.25, 0.3) is 0 Å². The lowest BCUT2D eigenvalue weighted by Crippen LogP contribution is -2.00. The van der Waals surface area contributed by atoms with Crippen molar-refractivity contribution in [3.05, 3.63) is 175 Å². The van der Waals surface area contributed by atoms with E-state index in [1.807, 2.05) is 6.07 Å². The van der Waals surface area contributed by atoms with E-state index in [2.05, 4.69) is 158 Å². The first-order valence-electron chi connectivity index (χ1n) is 16.7. The molecule has 0 bridgehead atoms. The summed E-state index contributed by atoms with van der Waals surface area (Å²) in [5, 5.41) is 7.40. The molecule has 9 aromatic rings. The maximum Gasteiger partial charge on any atom is 0.164 e. The van der Waals surface area contributed by atoms with Gasteiger partial charge in [0.15, 0.2) is 17.5 Å². The molecule has 0 amide bonds. The van der Waals surface area contributed by atoms with Gasteiger partial charge >= 0.3 is 0 Å². The van der Waals surface area contributed by atoms with Crippen LogP contribution < -0.4 is 0 Å². The van der Waals surface area contributed by atoms with Gasteiger partial charge in [-0.1, -0.05) is 152 Å². The summed E-state index contributed by atoms with van der Waals surface area (Å²) >= 11 is 0. The van der Waals surface area contributed by atoms with Gasteiger partial charge in [0.1, 0.15) is 0 Å². The highest BCUT2D eigenvalue weighted by Crippen LogP contribution is 2.40. The fraction of sp³-hybridized carbons (Fsp3) is 0.0217. The first-order chi connectivity index (χ1) is 24.3. The van der Waals surface area contributed by atoms with Gasteiger partial charge in [-0.2, -0.15) is 0 Å². The molecule has 0 N–H and O–H groups in total. The zero-order chi connectivity index (χ0) is 32.3. The molecule has 1 aliphatic rings. The van der Waals surface area contributed by atoms with Crippen LogP contribution in [0.4, 0.5) is 0 Å². The second kappa shape index (κ2) is 11.1. The average molecular weight is 624 g/mol. The summed E-state index contributed by atoms with van der Waals surface area (Å²) in [7, 11) is 0. The number of aromatic nitrogens is 3. The molecule has 8 aromatic carbocycles. The van der Waals surface area contributed by atoms with Gasteiger partial charge in [0.2, 0.25) is 0 Å².